The number of para-hydroxylation sites is 1. The molecule has 7 nitrogen and oxygen atoms in total. The van der Waals surface area contributed by atoms with Gasteiger partial charge in [-0.15, -0.1) is 12.4 Å². The number of nitrogens with one attached hydrogen (secondary N) is 3. The van der Waals surface area contributed by atoms with Gasteiger partial charge in [0.15, 0.2) is 0 Å². The Morgan fingerprint density at radius 3 is 2.25 bits per heavy atom. The molecular weight excluding hydrogens is 380 g/mol. The molecule has 148 valence electrons. The molecule has 0 atom stereocenters. The second kappa shape index (κ2) is 9.87. The van der Waals surface area contributed by atoms with Crippen molar-refractivity contribution in [3.05, 3.63) is 59.7 Å². The van der Waals surface area contributed by atoms with Crippen molar-refractivity contribution >= 4 is 41.5 Å². The zero-order valence-electron chi connectivity index (χ0n) is 15.2. The van der Waals surface area contributed by atoms with E-state index in [2.05, 4.69) is 16.0 Å². The lowest BCUT2D eigenvalue weighted by atomic mass is 10.1. The predicted molar refractivity (Wildman–Crippen MR) is 111 cm³/mol. The van der Waals surface area contributed by atoms with E-state index in [1.165, 1.54) is 0 Å². The Labute approximate surface area is 169 Å². The van der Waals surface area contributed by atoms with Gasteiger partial charge >= 0.3 is 0 Å². The topological polar surface area (TPSA) is 113 Å². The number of rotatable bonds is 7. The van der Waals surface area contributed by atoms with Gasteiger partial charge in [0.05, 0.1) is 11.3 Å². The van der Waals surface area contributed by atoms with Crippen molar-refractivity contribution in [2.45, 2.75) is 12.8 Å². The maximum atomic E-state index is 12.5. The molecule has 0 spiro atoms. The minimum Gasteiger partial charge on any atom is -0.351 e. The van der Waals surface area contributed by atoms with E-state index in [0.29, 0.717) is 35.6 Å². The van der Waals surface area contributed by atoms with E-state index in [0.717, 1.165) is 12.8 Å². The summed E-state index contributed by atoms with van der Waals surface area (Å²) >= 11 is 0. The van der Waals surface area contributed by atoms with Crippen LogP contribution in [0.4, 0.5) is 11.4 Å². The smallest absolute Gasteiger partial charge is 0.255 e. The Bertz CT molecular complexity index is 851. The van der Waals surface area contributed by atoms with Gasteiger partial charge in [-0.3, -0.25) is 14.4 Å². The van der Waals surface area contributed by atoms with Crippen molar-refractivity contribution < 1.29 is 14.4 Å². The first-order valence-electron chi connectivity index (χ1n) is 8.88. The van der Waals surface area contributed by atoms with E-state index in [4.69, 9.17) is 5.73 Å². The summed E-state index contributed by atoms with van der Waals surface area (Å²) in [4.78, 5) is 36.5. The van der Waals surface area contributed by atoms with E-state index < -0.39 is 0 Å². The average Bonchev–Trinajstić information content (AvgIpc) is 3.52. The fourth-order valence-corrected chi connectivity index (χ4v) is 2.56. The van der Waals surface area contributed by atoms with Crippen LogP contribution in [0.25, 0.3) is 0 Å². The summed E-state index contributed by atoms with van der Waals surface area (Å²) in [5.41, 5.74) is 7.27. The van der Waals surface area contributed by atoms with E-state index in [9.17, 15) is 14.4 Å². The summed E-state index contributed by atoms with van der Waals surface area (Å²) in [6.45, 7) is 0.694. The van der Waals surface area contributed by atoms with Crippen LogP contribution < -0.4 is 21.7 Å². The second-order valence-electron chi connectivity index (χ2n) is 6.39. The summed E-state index contributed by atoms with van der Waals surface area (Å²) in [7, 11) is 0. The first-order chi connectivity index (χ1) is 13.1. The van der Waals surface area contributed by atoms with Gasteiger partial charge in [0, 0.05) is 30.3 Å². The lowest BCUT2D eigenvalue weighted by Gasteiger charge is -2.11. The van der Waals surface area contributed by atoms with Gasteiger partial charge in [0.1, 0.15) is 0 Å². The Balaban J connectivity index is 0.00000280. The molecule has 0 unspecified atom stereocenters. The summed E-state index contributed by atoms with van der Waals surface area (Å²) in [6, 6.07) is 13.4. The summed E-state index contributed by atoms with van der Waals surface area (Å²) in [6.07, 6.45) is 1.87. The third-order valence-corrected chi connectivity index (χ3v) is 4.21. The van der Waals surface area contributed by atoms with E-state index in [1.807, 2.05) is 0 Å². The molecule has 0 heterocycles. The monoisotopic (exact) mass is 402 g/mol. The average molecular weight is 403 g/mol. The first-order valence-corrected chi connectivity index (χ1v) is 8.88. The predicted octanol–water partition coefficient (Wildman–Crippen LogP) is 2.40. The summed E-state index contributed by atoms with van der Waals surface area (Å²) < 4.78 is 0. The van der Waals surface area contributed by atoms with Crippen molar-refractivity contribution in [3.63, 3.8) is 0 Å². The number of hydrogen-bond acceptors (Lipinski definition) is 4. The van der Waals surface area contributed by atoms with Gasteiger partial charge in [0.25, 0.3) is 11.8 Å². The van der Waals surface area contributed by atoms with Gasteiger partial charge in [0.2, 0.25) is 5.91 Å². The van der Waals surface area contributed by atoms with E-state index in [1.54, 1.807) is 48.5 Å². The molecule has 1 saturated carbocycles. The van der Waals surface area contributed by atoms with Crippen LogP contribution in [0.5, 0.6) is 0 Å². The number of amides is 3. The Morgan fingerprint density at radius 1 is 0.929 bits per heavy atom. The zero-order chi connectivity index (χ0) is 19.2. The van der Waals surface area contributed by atoms with Crippen molar-refractivity contribution in [3.8, 4) is 0 Å². The van der Waals surface area contributed by atoms with Crippen LogP contribution in [-0.2, 0) is 4.79 Å². The SMILES string of the molecule is Cl.NCCNC(=O)c1ccccc1NC(=O)c1ccc(NC(=O)C2CC2)cc1. The highest BCUT2D eigenvalue weighted by molar-refractivity contribution is 6.09. The number of carbonyl (C=O) groups is 3. The van der Waals surface area contributed by atoms with Crippen LogP contribution in [0.3, 0.4) is 0 Å². The first kappa shape index (κ1) is 21.4. The van der Waals surface area contributed by atoms with Crippen molar-refractivity contribution in [2.75, 3.05) is 23.7 Å². The van der Waals surface area contributed by atoms with Crippen molar-refractivity contribution in [2.24, 2.45) is 11.7 Å². The largest absolute Gasteiger partial charge is 0.351 e. The third-order valence-electron chi connectivity index (χ3n) is 4.21. The van der Waals surface area contributed by atoms with Gasteiger partial charge in [-0.05, 0) is 49.2 Å². The molecule has 0 bridgehead atoms. The van der Waals surface area contributed by atoms with Gasteiger partial charge < -0.3 is 21.7 Å². The van der Waals surface area contributed by atoms with Crippen LogP contribution in [-0.4, -0.2) is 30.8 Å². The number of benzene rings is 2. The minimum absolute atomic E-state index is 0. The van der Waals surface area contributed by atoms with Gasteiger partial charge in [-0.25, -0.2) is 0 Å². The number of hydrogen-bond donors (Lipinski definition) is 4. The van der Waals surface area contributed by atoms with Crippen molar-refractivity contribution in [1.29, 1.82) is 0 Å². The molecule has 28 heavy (non-hydrogen) atoms. The molecule has 5 N–H and O–H groups in total. The lowest BCUT2D eigenvalue weighted by molar-refractivity contribution is -0.117. The standard InChI is InChI=1S/C20H22N4O3.ClH/c21-11-12-22-20(27)16-3-1-2-4-17(16)24-19(26)14-7-9-15(10-8-14)23-18(25)13-5-6-13;/h1-4,7-10,13H,5-6,11-12,21H2,(H,22,27)(H,23,25)(H,24,26);1H. The molecule has 1 fully saturated rings. The number of halogens is 1. The Hall–Kier alpha value is -2.90. The molecule has 1 aliphatic rings. The van der Waals surface area contributed by atoms with Crippen LogP contribution in [0.2, 0.25) is 0 Å². The number of carbonyl (C=O) groups excluding carboxylic acids is 3. The summed E-state index contributed by atoms with van der Waals surface area (Å²) in [5.74, 6) is -0.497. The fraction of sp³-hybridized carbons (Fsp3) is 0.250. The minimum atomic E-state index is -0.339. The third kappa shape index (κ3) is 5.55. The lowest BCUT2D eigenvalue weighted by Crippen LogP contribution is -2.30. The number of nitrogens with two attached hydrogens (primary N) is 1. The van der Waals surface area contributed by atoms with Gasteiger partial charge in [-0.1, -0.05) is 12.1 Å². The molecule has 1 aliphatic carbocycles. The van der Waals surface area contributed by atoms with E-state index in [-0.39, 0.29) is 36.0 Å². The molecular formula is C20H23ClN4O3. The molecule has 2 aromatic carbocycles. The molecule has 8 heteroatoms. The van der Waals surface area contributed by atoms with Crippen molar-refractivity contribution in [1.82, 2.24) is 5.32 Å². The maximum Gasteiger partial charge on any atom is 0.255 e. The van der Waals surface area contributed by atoms with Crippen LogP contribution in [0.15, 0.2) is 48.5 Å². The molecule has 0 saturated heterocycles. The zero-order valence-corrected chi connectivity index (χ0v) is 16.1. The fourth-order valence-electron chi connectivity index (χ4n) is 2.56. The second-order valence-corrected chi connectivity index (χ2v) is 6.39. The van der Waals surface area contributed by atoms with Gasteiger partial charge in [-0.2, -0.15) is 0 Å². The number of anilines is 2. The normalized spacial score (nSPS) is 12.5. The molecule has 0 aliphatic heterocycles. The highest BCUT2D eigenvalue weighted by Gasteiger charge is 2.29. The van der Waals surface area contributed by atoms with Crippen LogP contribution >= 0.6 is 12.4 Å². The Morgan fingerprint density at radius 2 is 1.61 bits per heavy atom. The molecule has 0 aromatic heterocycles. The Kier molecular flexibility index (Phi) is 7.54. The maximum absolute atomic E-state index is 12.5. The van der Waals surface area contributed by atoms with E-state index >= 15 is 0 Å². The van der Waals surface area contributed by atoms with Crippen LogP contribution in [0, 0.1) is 5.92 Å². The highest BCUT2D eigenvalue weighted by atomic mass is 35.5. The molecule has 0 radical (unpaired) electrons. The highest BCUT2D eigenvalue weighted by Crippen LogP contribution is 2.30. The molecule has 3 rings (SSSR count). The quantitative estimate of drug-likeness (QED) is 0.569. The van der Waals surface area contributed by atoms with Crippen LogP contribution in [0.1, 0.15) is 33.6 Å². The summed E-state index contributed by atoms with van der Waals surface area (Å²) in [5, 5.41) is 8.27. The molecule has 2 aromatic rings. The molecule has 3 amide bonds.